The molecule has 0 bridgehead atoms. The number of para-hydroxylation sites is 1. The van der Waals surface area contributed by atoms with E-state index in [1.165, 1.54) is 32.1 Å². The van der Waals surface area contributed by atoms with Gasteiger partial charge in [0.15, 0.2) is 0 Å². The molecule has 2 rings (SSSR count). The van der Waals surface area contributed by atoms with Gasteiger partial charge in [0.25, 0.3) is 0 Å². The Kier molecular flexibility index (Phi) is 5.67. The Hall–Kier alpha value is -1.06. The second kappa shape index (κ2) is 7.51. The third-order valence-electron chi connectivity index (χ3n) is 3.92. The molecule has 0 aliphatic heterocycles. The van der Waals surface area contributed by atoms with Gasteiger partial charge in [-0.25, -0.2) is 0 Å². The molecule has 0 aromatic heterocycles. The van der Waals surface area contributed by atoms with Crippen LogP contribution in [0.4, 0.5) is 0 Å². The lowest BCUT2D eigenvalue weighted by molar-refractivity contribution is -0.697. The molecule has 0 heterocycles. The first kappa shape index (κ1) is 14.4. The highest BCUT2D eigenvalue weighted by Crippen LogP contribution is 2.16. The number of hydrogen-bond acceptors (Lipinski definition) is 2. The Morgan fingerprint density at radius 1 is 1.26 bits per heavy atom. The average molecular weight is 264 g/mol. The number of aliphatic hydroxyl groups is 1. The van der Waals surface area contributed by atoms with Crippen LogP contribution in [0.15, 0.2) is 24.3 Å². The number of benzene rings is 1. The van der Waals surface area contributed by atoms with Crippen molar-refractivity contribution in [1.82, 2.24) is 0 Å². The maximum atomic E-state index is 9.98. The number of hydrogen-bond donors (Lipinski definition) is 2. The molecule has 3 nitrogen and oxygen atoms in total. The van der Waals surface area contributed by atoms with E-state index in [9.17, 15) is 5.11 Å². The lowest BCUT2D eigenvalue weighted by Crippen LogP contribution is -2.92. The van der Waals surface area contributed by atoms with Crippen molar-refractivity contribution >= 4 is 0 Å². The third kappa shape index (κ3) is 4.84. The number of nitrogens with two attached hydrogens (primary N) is 1. The smallest absolute Gasteiger partial charge is 0.137 e. The summed E-state index contributed by atoms with van der Waals surface area (Å²) in [7, 11) is 0. The molecule has 3 N–H and O–H groups in total. The van der Waals surface area contributed by atoms with E-state index in [-0.39, 0.29) is 6.10 Å². The normalized spacial score (nSPS) is 18.2. The summed E-state index contributed by atoms with van der Waals surface area (Å²) in [5.74, 6) is 0.874. The number of ether oxygens (including phenoxy) is 1. The van der Waals surface area contributed by atoms with E-state index >= 15 is 0 Å². The summed E-state index contributed by atoms with van der Waals surface area (Å²) in [6.45, 7) is 3.15. The molecule has 1 aromatic rings. The van der Waals surface area contributed by atoms with E-state index < -0.39 is 0 Å². The molecule has 1 aromatic carbocycles. The van der Waals surface area contributed by atoms with Crippen LogP contribution >= 0.6 is 0 Å². The lowest BCUT2D eigenvalue weighted by Gasteiger charge is -2.21. The first-order valence-electron chi connectivity index (χ1n) is 7.45. The molecule has 1 atom stereocenters. The highest BCUT2D eigenvalue weighted by atomic mass is 16.5. The zero-order valence-corrected chi connectivity index (χ0v) is 11.8. The minimum absolute atomic E-state index is 0.383. The van der Waals surface area contributed by atoms with Crippen LogP contribution in [0.2, 0.25) is 0 Å². The fraction of sp³-hybridized carbons (Fsp3) is 0.625. The summed E-state index contributed by atoms with van der Waals surface area (Å²) in [6, 6.07) is 8.64. The predicted octanol–water partition coefficient (Wildman–Crippen LogP) is 1.63. The van der Waals surface area contributed by atoms with Crippen LogP contribution in [0.25, 0.3) is 0 Å². The summed E-state index contributed by atoms with van der Waals surface area (Å²) in [5.41, 5.74) is 1.12. The molecule has 19 heavy (non-hydrogen) atoms. The number of quaternary nitrogens is 1. The summed E-state index contributed by atoms with van der Waals surface area (Å²) in [4.78, 5) is 0. The van der Waals surface area contributed by atoms with Gasteiger partial charge in [-0.15, -0.1) is 0 Å². The average Bonchev–Trinajstić information content (AvgIpc) is 2.45. The van der Waals surface area contributed by atoms with Gasteiger partial charge >= 0.3 is 0 Å². The monoisotopic (exact) mass is 264 g/mol. The molecule has 0 radical (unpaired) electrons. The van der Waals surface area contributed by atoms with E-state index in [1.54, 1.807) is 0 Å². The van der Waals surface area contributed by atoms with Crippen molar-refractivity contribution < 1.29 is 15.2 Å². The van der Waals surface area contributed by atoms with Gasteiger partial charge in [-0.05, 0) is 44.2 Å². The van der Waals surface area contributed by atoms with Gasteiger partial charge in [0, 0.05) is 0 Å². The Labute approximate surface area is 116 Å². The molecule has 1 saturated carbocycles. The van der Waals surface area contributed by atoms with E-state index in [0.717, 1.165) is 17.9 Å². The van der Waals surface area contributed by atoms with Crippen LogP contribution in [0.1, 0.15) is 37.7 Å². The molecule has 106 valence electrons. The quantitative estimate of drug-likeness (QED) is 0.820. The molecule has 3 heteroatoms. The van der Waals surface area contributed by atoms with Crippen molar-refractivity contribution in [2.75, 3.05) is 13.2 Å². The van der Waals surface area contributed by atoms with E-state index in [2.05, 4.69) is 5.32 Å². The summed E-state index contributed by atoms with van der Waals surface area (Å²) in [5, 5.41) is 12.3. The lowest BCUT2D eigenvalue weighted by atomic mass is 9.95. The zero-order chi connectivity index (χ0) is 13.5. The Morgan fingerprint density at radius 2 is 2.00 bits per heavy atom. The molecule has 0 unspecified atom stereocenters. The van der Waals surface area contributed by atoms with Crippen molar-refractivity contribution in [2.45, 2.75) is 51.2 Å². The molecule has 1 aliphatic rings. The Morgan fingerprint density at radius 3 is 2.74 bits per heavy atom. The minimum Gasteiger partial charge on any atom is -0.490 e. The highest BCUT2D eigenvalue weighted by molar-refractivity contribution is 5.31. The van der Waals surface area contributed by atoms with Crippen molar-refractivity contribution in [1.29, 1.82) is 0 Å². The minimum atomic E-state index is -0.387. The van der Waals surface area contributed by atoms with Crippen molar-refractivity contribution in [2.24, 2.45) is 0 Å². The highest BCUT2D eigenvalue weighted by Gasteiger charge is 2.17. The van der Waals surface area contributed by atoms with Crippen LogP contribution in [0.3, 0.4) is 0 Å². The molecule has 1 aliphatic carbocycles. The van der Waals surface area contributed by atoms with Crippen LogP contribution in [-0.4, -0.2) is 30.4 Å². The summed E-state index contributed by atoms with van der Waals surface area (Å²) < 4.78 is 5.67. The van der Waals surface area contributed by atoms with Crippen molar-refractivity contribution in [3.05, 3.63) is 29.8 Å². The van der Waals surface area contributed by atoms with Gasteiger partial charge < -0.3 is 15.2 Å². The topological polar surface area (TPSA) is 46.1 Å². The van der Waals surface area contributed by atoms with E-state index in [1.807, 2.05) is 31.2 Å². The van der Waals surface area contributed by atoms with Crippen molar-refractivity contribution in [3.63, 3.8) is 0 Å². The number of rotatable bonds is 6. The maximum absolute atomic E-state index is 9.98. The number of aliphatic hydroxyl groups excluding tert-OH is 1. The fourth-order valence-corrected chi connectivity index (χ4v) is 2.69. The Bertz CT molecular complexity index is 375. The summed E-state index contributed by atoms with van der Waals surface area (Å²) in [6.07, 6.45) is 6.27. The van der Waals surface area contributed by atoms with Gasteiger partial charge in [-0.2, -0.15) is 0 Å². The summed E-state index contributed by atoms with van der Waals surface area (Å²) >= 11 is 0. The number of aryl methyl sites for hydroxylation is 1. The van der Waals surface area contributed by atoms with Crippen LogP contribution < -0.4 is 10.1 Å². The van der Waals surface area contributed by atoms with Crippen LogP contribution in [-0.2, 0) is 0 Å². The van der Waals surface area contributed by atoms with Gasteiger partial charge in [0.05, 0.1) is 6.04 Å². The van der Waals surface area contributed by atoms with E-state index in [4.69, 9.17) is 4.74 Å². The molecular formula is C16H26NO2+. The molecular weight excluding hydrogens is 238 g/mol. The third-order valence-corrected chi connectivity index (χ3v) is 3.92. The van der Waals surface area contributed by atoms with Crippen LogP contribution in [0.5, 0.6) is 5.75 Å². The Balaban J connectivity index is 1.66. The second-order valence-electron chi connectivity index (χ2n) is 5.60. The second-order valence-corrected chi connectivity index (χ2v) is 5.60. The first-order chi connectivity index (χ1) is 9.25. The molecule has 0 spiro atoms. The largest absolute Gasteiger partial charge is 0.490 e. The van der Waals surface area contributed by atoms with Crippen LogP contribution in [0, 0.1) is 6.92 Å². The van der Waals surface area contributed by atoms with Gasteiger partial charge in [0.2, 0.25) is 0 Å². The predicted molar refractivity (Wildman–Crippen MR) is 76.3 cm³/mol. The van der Waals surface area contributed by atoms with E-state index in [0.29, 0.717) is 12.6 Å². The molecule has 0 amide bonds. The molecule has 1 fully saturated rings. The molecule has 0 saturated heterocycles. The van der Waals surface area contributed by atoms with Gasteiger partial charge in [0.1, 0.15) is 25.0 Å². The van der Waals surface area contributed by atoms with Gasteiger partial charge in [-0.1, -0.05) is 24.6 Å². The zero-order valence-electron chi connectivity index (χ0n) is 11.8. The van der Waals surface area contributed by atoms with Gasteiger partial charge in [-0.3, -0.25) is 0 Å². The maximum Gasteiger partial charge on any atom is 0.137 e. The fourth-order valence-electron chi connectivity index (χ4n) is 2.69. The van der Waals surface area contributed by atoms with Crippen molar-refractivity contribution in [3.8, 4) is 5.75 Å². The SMILES string of the molecule is Cc1ccccc1OC[C@@H](O)C[NH2+]C1CCCCC1. The first-order valence-corrected chi connectivity index (χ1v) is 7.45. The standard InChI is InChI=1S/C16H25NO2/c1-13-7-5-6-10-16(13)19-12-15(18)11-17-14-8-3-2-4-9-14/h5-7,10,14-15,17-18H,2-4,8-9,11-12H2,1H3/p+1/t15-/m0/s1.